The third-order valence-corrected chi connectivity index (χ3v) is 4.13. The summed E-state index contributed by atoms with van der Waals surface area (Å²) in [6.07, 6.45) is 3.04. The highest BCUT2D eigenvalue weighted by Gasteiger charge is 2.46. The van der Waals surface area contributed by atoms with E-state index in [0.717, 1.165) is 12.8 Å². The molecule has 0 bridgehead atoms. The van der Waals surface area contributed by atoms with Crippen LogP contribution in [0.1, 0.15) is 38.5 Å². The second-order valence-electron chi connectivity index (χ2n) is 5.16. The number of aliphatic carboxylic acids is 1. The number of hydrogen-bond acceptors (Lipinski definition) is 4. The topological polar surface area (TPSA) is 101 Å². The van der Waals surface area contributed by atoms with Gasteiger partial charge in [-0.05, 0) is 25.2 Å². The molecule has 1 saturated carbocycles. The van der Waals surface area contributed by atoms with Gasteiger partial charge < -0.3 is 10.8 Å². The molecule has 3 N–H and O–H groups in total. The smallest absolute Gasteiger partial charge is 0.323 e. The molecule has 1 heterocycles. The van der Waals surface area contributed by atoms with E-state index in [1.807, 2.05) is 0 Å². The maximum Gasteiger partial charge on any atom is 0.323 e. The predicted molar refractivity (Wildman–Crippen MR) is 62.5 cm³/mol. The van der Waals surface area contributed by atoms with Crippen molar-refractivity contribution in [3.63, 3.8) is 0 Å². The second kappa shape index (κ2) is 4.68. The summed E-state index contributed by atoms with van der Waals surface area (Å²) in [6, 6.07) is 0. The van der Waals surface area contributed by atoms with Gasteiger partial charge in [-0.2, -0.15) is 0 Å². The van der Waals surface area contributed by atoms with Gasteiger partial charge >= 0.3 is 5.97 Å². The maximum absolute atomic E-state index is 11.4. The van der Waals surface area contributed by atoms with E-state index < -0.39 is 11.5 Å². The van der Waals surface area contributed by atoms with Crippen molar-refractivity contribution in [1.82, 2.24) is 4.90 Å². The van der Waals surface area contributed by atoms with Crippen LogP contribution in [0.4, 0.5) is 0 Å². The van der Waals surface area contributed by atoms with Crippen molar-refractivity contribution in [3.05, 3.63) is 0 Å². The van der Waals surface area contributed by atoms with Crippen molar-refractivity contribution >= 4 is 17.8 Å². The lowest BCUT2D eigenvalue weighted by Gasteiger charge is -2.28. The van der Waals surface area contributed by atoms with Crippen LogP contribution in [-0.2, 0) is 14.4 Å². The minimum atomic E-state index is -1.19. The largest absolute Gasteiger partial charge is 0.480 e. The highest BCUT2D eigenvalue weighted by atomic mass is 16.4. The Morgan fingerprint density at radius 1 is 1.39 bits per heavy atom. The summed E-state index contributed by atoms with van der Waals surface area (Å²) >= 11 is 0. The Bertz CT molecular complexity index is 380. The molecule has 2 rings (SSSR count). The van der Waals surface area contributed by atoms with Crippen molar-refractivity contribution in [3.8, 4) is 0 Å². The lowest BCUT2D eigenvalue weighted by Crippen LogP contribution is -2.51. The van der Waals surface area contributed by atoms with Crippen molar-refractivity contribution < 1.29 is 19.5 Å². The van der Waals surface area contributed by atoms with Crippen LogP contribution in [0.25, 0.3) is 0 Å². The van der Waals surface area contributed by atoms with Gasteiger partial charge in [-0.25, -0.2) is 0 Å². The van der Waals surface area contributed by atoms with E-state index in [4.69, 9.17) is 10.8 Å². The van der Waals surface area contributed by atoms with Crippen LogP contribution in [0.3, 0.4) is 0 Å². The number of nitrogens with two attached hydrogens (primary N) is 1. The Labute approximate surface area is 105 Å². The SMILES string of the molecule is NC1(C(=O)O)CCCC1CCN1C(=O)CCC1=O. The summed E-state index contributed by atoms with van der Waals surface area (Å²) in [5, 5.41) is 9.17. The minimum Gasteiger partial charge on any atom is -0.480 e. The fraction of sp³-hybridized carbons (Fsp3) is 0.750. The van der Waals surface area contributed by atoms with E-state index in [-0.39, 0.29) is 30.6 Å². The van der Waals surface area contributed by atoms with Crippen molar-refractivity contribution in [1.29, 1.82) is 0 Å². The number of amides is 2. The molecule has 0 radical (unpaired) electrons. The molecule has 100 valence electrons. The number of carbonyl (C=O) groups excluding carboxylic acids is 2. The number of hydrogen-bond donors (Lipinski definition) is 2. The van der Waals surface area contributed by atoms with Crippen LogP contribution in [0.2, 0.25) is 0 Å². The average Bonchev–Trinajstić information content (AvgIpc) is 2.83. The van der Waals surface area contributed by atoms with E-state index in [2.05, 4.69) is 0 Å². The lowest BCUT2D eigenvalue weighted by molar-refractivity contribution is -0.144. The maximum atomic E-state index is 11.4. The van der Waals surface area contributed by atoms with Gasteiger partial charge in [-0.15, -0.1) is 0 Å². The van der Waals surface area contributed by atoms with E-state index in [1.165, 1.54) is 4.90 Å². The first-order valence-corrected chi connectivity index (χ1v) is 6.30. The molecule has 2 amide bonds. The number of likely N-dealkylation sites (tertiary alicyclic amines) is 1. The van der Waals surface area contributed by atoms with Crippen LogP contribution in [-0.4, -0.2) is 39.9 Å². The first-order valence-electron chi connectivity index (χ1n) is 6.30. The van der Waals surface area contributed by atoms with Crippen molar-refractivity contribution in [2.75, 3.05) is 6.54 Å². The molecule has 1 aliphatic heterocycles. The molecule has 0 aromatic heterocycles. The summed E-state index contributed by atoms with van der Waals surface area (Å²) in [6.45, 7) is 0.300. The first-order chi connectivity index (χ1) is 8.45. The van der Waals surface area contributed by atoms with Gasteiger partial charge in [-0.1, -0.05) is 6.42 Å². The molecule has 2 fully saturated rings. The van der Waals surface area contributed by atoms with Gasteiger partial charge in [0.15, 0.2) is 0 Å². The van der Waals surface area contributed by atoms with Crippen LogP contribution >= 0.6 is 0 Å². The molecular formula is C12H18N2O4. The quantitative estimate of drug-likeness (QED) is 0.693. The zero-order valence-corrected chi connectivity index (χ0v) is 10.2. The van der Waals surface area contributed by atoms with Gasteiger partial charge in [0.05, 0.1) is 0 Å². The highest BCUT2D eigenvalue weighted by Crippen LogP contribution is 2.36. The monoisotopic (exact) mass is 254 g/mol. The molecule has 0 aromatic carbocycles. The number of nitrogens with zero attached hydrogens (tertiary/aromatic N) is 1. The van der Waals surface area contributed by atoms with Crippen LogP contribution in [0.5, 0.6) is 0 Å². The van der Waals surface area contributed by atoms with Crippen molar-refractivity contribution in [2.24, 2.45) is 11.7 Å². The second-order valence-corrected chi connectivity index (χ2v) is 5.16. The van der Waals surface area contributed by atoms with Gasteiger partial charge in [0.2, 0.25) is 11.8 Å². The molecule has 6 heteroatoms. The molecule has 2 aliphatic rings. The highest BCUT2D eigenvalue weighted by molar-refractivity contribution is 6.01. The number of imide groups is 1. The van der Waals surface area contributed by atoms with Crippen LogP contribution in [0.15, 0.2) is 0 Å². The summed E-state index contributed by atoms with van der Waals surface area (Å²) in [5.74, 6) is -1.45. The molecule has 0 spiro atoms. The summed E-state index contributed by atoms with van der Waals surface area (Å²) in [4.78, 5) is 35.3. The fourth-order valence-electron chi connectivity index (χ4n) is 2.94. The zero-order valence-electron chi connectivity index (χ0n) is 10.2. The van der Waals surface area contributed by atoms with Gasteiger partial charge in [0, 0.05) is 19.4 Å². The predicted octanol–water partition coefficient (Wildman–Crippen LogP) is 0.108. The molecule has 1 aliphatic carbocycles. The minimum absolute atomic E-state index is 0.156. The Kier molecular flexibility index (Phi) is 3.38. The average molecular weight is 254 g/mol. The Morgan fingerprint density at radius 2 is 2.00 bits per heavy atom. The molecular weight excluding hydrogens is 236 g/mol. The van der Waals surface area contributed by atoms with Crippen LogP contribution < -0.4 is 5.73 Å². The molecule has 0 aromatic rings. The van der Waals surface area contributed by atoms with E-state index in [1.54, 1.807) is 0 Å². The third kappa shape index (κ3) is 2.12. The van der Waals surface area contributed by atoms with Crippen molar-refractivity contribution in [2.45, 2.75) is 44.1 Å². The fourth-order valence-corrected chi connectivity index (χ4v) is 2.94. The molecule has 18 heavy (non-hydrogen) atoms. The van der Waals surface area contributed by atoms with E-state index in [0.29, 0.717) is 19.4 Å². The normalized spacial score (nSPS) is 32.3. The van der Waals surface area contributed by atoms with Gasteiger partial charge in [-0.3, -0.25) is 19.3 Å². The molecule has 1 saturated heterocycles. The van der Waals surface area contributed by atoms with Gasteiger partial charge in [0.25, 0.3) is 0 Å². The Morgan fingerprint density at radius 3 is 2.56 bits per heavy atom. The molecule has 2 unspecified atom stereocenters. The number of carboxylic acid groups (broad SMARTS) is 1. The third-order valence-electron chi connectivity index (χ3n) is 4.13. The standard InChI is InChI=1S/C12H18N2O4/c13-12(11(17)18)6-1-2-8(12)5-7-14-9(15)3-4-10(14)16/h8H,1-7,13H2,(H,17,18). The first kappa shape index (κ1) is 13.0. The van der Waals surface area contributed by atoms with Crippen LogP contribution in [0, 0.1) is 5.92 Å². The zero-order chi connectivity index (χ0) is 13.3. The lowest BCUT2D eigenvalue weighted by atomic mass is 9.85. The molecule has 2 atom stereocenters. The van der Waals surface area contributed by atoms with E-state index in [9.17, 15) is 14.4 Å². The number of carbonyl (C=O) groups is 3. The number of rotatable bonds is 4. The summed E-state index contributed by atoms with van der Waals surface area (Å²) < 4.78 is 0. The summed E-state index contributed by atoms with van der Waals surface area (Å²) in [7, 11) is 0. The van der Waals surface area contributed by atoms with Gasteiger partial charge in [0.1, 0.15) is 5.54 Å². The summed E-state index contributed by atoms with van der Waals surface area (Å²) in [5.41, 5.74) is 4.72. The Hall–Kier alpha value is -1.43. The molecule has 6 nitrogen and oxygen atoms in total. The Balaban J connectivity index is 1.96. The number of carboxylic acids is 1. The van der Waals surface area contributed by atoms with E-state index >= 15 is 0 Å².